The largest absolute Gasteiger partial charge is 0.396 e. The van der Waals surface area contributed by atoms with E-state index in [1.807, 2.05) is 31.7 Å². The molecular weight excluding hydrogens is 374 g/mol. The first-order valence-electron chi connectivity index (χ1n) is 9.80. The molecule has 0 spiro atoms. The number of fused-ring (bicyclic) bond motifs is 1. The van der Waals surface area contributed by atoms with Crippen LogP contribution < -0.4 is 10.9 Å². The summed E-state index contributed by atoms with van der Waals surface area (Å²) >= 11 is 5.53. The Hall–Kier alpha value is -1.96. The molecule has 0 aliphatic rings. The monoisotopic (exact) mass is 405 g/mol. The summed E-state index contributed by atoms with van der Waals surface area (Å²) in [6.07, 6.45) is 1.45. The zero-order valence-electron chi connectivity index (χ0n) is 17.0. The van der Waals surface area contributed by atoms with Gasteiger partial charge in [-0.3, -0.25) is 4.79 Å². The maximum Gasteiger partial charge on any atom is 0.253 e. The molecule has 0 aliphatic heterocycles. The second kappa shape index (κ2) is 11.1. The van der Waals surface area contributed by atoms with Gasteiger partial charge in [-0.2, -0.15) is 0 Å². The highest BCUT2D eigenvalue weighted by Crippen LogP contribution is 2.18. The predicted molar refractivity (Wildman–Crippen MR) is 118 cm³/mol. The zero-order valence-corrected chi connectivity index (χ0v) is 17.8. The molecule has 6 nitrogen and oxygen atoms in total. The van der Waals surface area contributed by atoms with Crippen LogP contribution in [0.5, 0.6) is 0 Å². The first-order chi connectivity index (χ1) is 13.5. The summed E-state index contributed by atoms with van der Waals surface area (Å²) < 4.78 is 5.34. The van der Waals surface area contributed by atoms with Gasteiger partial charge in [0.25, 0.3) is 5.56 Å². The first-order valence-corrected chi connectivity index (χ1v) is 10.2. The molecule has 1 heterocycles. The van der Waals surface area contributed by atoms with Crippen molar-refractivity contribution in [3.8, 4) is 0 Å². The highest BCUT2D eigenvalue weighted by molar-refractivity contribution is 7.80. The fourth-order valence-electron chi connectivity index (χ4n) is 3.19. The number of nitrogens with one attached hydrogen (secondary N) is 2. The number of aryl methyl sites for hydroxylation is 2. The molecular formula is C21H31N3O3S. The number of pyridine rings is 1. The van der Waals surface area contributed by atoms with Crippen molar-refractivity contribution in [3.63, 3.8) is 0 Å². The van der Waals surface area contributed by atoms with E-state index in [1.165, 1.54) is 0 Å². The minimum atomic E-state index is -0.104. The van der Waals surface area contributed by atoms with Crippen LogP contribution >= 0.6 is 12.2 Å². The van der Waals surface area contributed by atoms with E-state index in [-0.39, 0.29) is 12.2 Å². The summed E-state index contributed by atoms with van der Waals surface area (Å²) in [5, 5.41) is 14.1. The highest BCUT2D eigenvalue weighted by atomic mass is 32.1. The number of ether oxygens (including phenoxy) is 1. The number of aliphatic hydroxyl groups is 1. The van der Waals surface area contributed by atoms with Gasteiger partial charge in [0.2, 0.25) is 0 Å². The molecule has 0 bridgehead atoms. The average molecular weight is 406 g/mol. The number of aromatic nitrogens is 1. The predicted octanol–water partition coefficient (Wildman–Crippen LogP) is 2.63. The number of thiocarbonyl (C=S) groups is 1. The van der Waals surface area contributed by atoms with Crippen molar-refractivity contribution in [2.75, 3.05) is 32.9 Å². The third-order valence-electron chi connectivity index (χ3n) is 4.55. The molecule has 1 aromatic carbocycles. The maximum absolute atomic E-state index is 12.6. The van der Waals surface area contributed by atoms with Crippen LogP contribution in [-0.2, 0) is 11.3 Å². The van der Waals surface area contributed by atoms with Crippen molar-refractivity contribution in [2.24, 2.45) is 0 Å². The number of hydrogen-bond acceptors (Lipinski definition) is 4. The maximum atomic E-state index is 12.6. The summed E-state index contributed by atoms with van der Waals surface area (Å²) in [7, 11) is 0. The van der Waals surface area contributed by atoms with Gasteiger partial charge in [-0.15, -0.1) is 0 Å². The molecule has 0 aliphatic carbocycles. The summed E-state index contributed by atoms with van der Waals surface area (Å²) in [4.78, 5) is 17.6. The van der Waals surface area contributed by atoms with E-state index in [9.17, 15) is 9.90 Å². The van der Waals surface area contributed by atoms with Crippen molar-refractivity contribution in [1.29, 1.82) is 0 Å². The average Bonchev–Trinajstić information content (AvgIpc) is 2.65. The molecule has 28 heavy (non-hydrogen) atoms. The van der Waals surface area contributed by atoms with Gasteiger partial charge in [0, 0.05) is 38.5 Å². The molecule has 0 unspecified atom stereocenters. The van der Waals surface area contributed by atoms with E-state index in [0.29, 0.717) is 49.9 Å². The Morgan fingerprint density at radius 3 is 2.79 bits per heavy atom. The van der Waals surface area contributed by atoms with Crippen LogP contribution in [0.2, 0.25) is 0 Å². The minimum absolute atomic E-state index is 0.0793. The lowest BCUT2D eigenvalue weighted by atomic mass is 10.1. The van der Waals surface area contributed by atoms with Gasteiger partial charge in [0.15, 0.2) is 5.11 Å². The molecule has 2 rings (SSSR count). The van der Waals surface area contributed by atoms with Crippen LogP contribution in [0, 0.1) is 13.8 Å². The molecule has 0 fully saturated rings. The number of aromatic amines is 1. The van der Waals surface area contributed by atoms with Crippen LogP contribution in [0.4, 0.5) is 0 Å². The number of H-pyrrole nitrogens is 1. The summed E-state index contributed by atoms with van der Waals surface area (Å²) in [5.41, 5.74) is 3.65. The van der Waals surface area contributed by atoms with Crippen molar-refractivity contribution in [1.82, 2.24) is 15.2 Å². The van der Waals surface area contributed by atoms with Gasteiger partial charge in [0.05, 0.1) is 12.1 Å². The Morgan fingerprint density at radius 1 is 1.29 bits per heavy atom. The van der Waals surface area contributed by atoms with E-state index >= 15 is 0 Å². The summed E-state index contributed by atoms with van der Waals surface area (Å²) in [5.74, 6) is 0. The number of aliphatic hydroxyl groups excluding tert-OH is 1. The number of nitrogens with zero attached hydrogens (tertiary/aromatic N) is 1. The Balaban J connectivity index is 2.15. The molecule has 0 saturated heterocycles. The van der Waals surface area contributed by atoms with Crippen LogP contribution in [0.15, 0.2) is 23.0 Å². The number of hydrogen-bond donors (Lipinski definition) is 3. The fourth-order valence-corrected chi connectivity index (χ4v) is 3.45. The molecule has 0 atom stereocenters. The van der Waals surface area contributed by atoms with E-state index < -0.39 is 0 Å². The van der Waals surface area contributed by atoms with Crippen molar-refractivity contribution < 1.29 is 9.84 Å². The van der Waals surface area contributed by atoms with Gasteiger partial charge in [-0.05, 0) is 68.9 Å². The van der Waals surface area contributed by atoms with Crippen LogP contribution in [0.3, 0.4) is 0 Å². The van der Waals surface area contributed by atoms with E-state index in [1.54, 1.807) is 0 Å². The third kappa shape index (κ3) is 6.29. The SMILES string of the molecule is CCOCCCNC(=S)N(CCCO)Cc1cc2cc(C)cc(C)c2[nH]c1=O. The van der Waals surface area contributed by atoms with Crippen molar-refractivity contribution in [2.45, 2.75) is 40.2 Å². The second-order valence-corrected chi connectivity index (χ2v) is 7.34. The summed E-state index contributed by atoms with van der Waals surface area (Å²) in [6, 6.07) is 6.08. The quantitative estimate of drug-likeness (QED) is 0.417. The lowest BCUT2D eigenvalue weighted by Gasteiger charge is -2.25. The van der Waals surface area contributed by atoms with Crippen LogP contribution in [-0.4, -0.2) is 53.0 Å². The van der Waals surface area contributed by atoms with E-state index in [2.05, 4.69) is 22.4 Å². The lowest BCUT2D eigenvalue weighted by molar-refractivity contribution is 0.145. The topological polar surface area (TPSA) is 77.6 Å². The van der Waals surface area contributed by atoms with Gasteiger partial charge >= 0.3 is 0 Å². The van der Waals surface area contributed by atoms with E-state index in [0.717, 1.165) is 28.5 Å². The number of benzene rings is 1. The Bertz CT molecular complexity index is 851. The zero-order chi connectivity index (χ0) is 20.5. The lowest BCUT2D eigenvalue weighted by Crippen LogP contribution is -2.41. The molecule has 154 valence electrons. The molecule has 7 heteroatoms. The normalized spacial score (nSPS) is 11.0. The molecule has 3 N–H and O–H groups in total. The molecule has 0 saturated carbocycles. The van der Waals surface area contributed by atoms with Crippen LogP contribution in [0.25, 0.3) is 10.9 Å². The van der Waals surface area contributed by atoms with E-state index in [4.69, 9.17) is 17.0 Å². The molecule has 0 amide bonds. The minimum Gasteiger partial charge on any atom is -0.396 e. The van der Waals surface area contributed by atoms with Crippen molar-refractivity contribution in [3.05, 3.63) is 45.2 Å². The van der Waals surface area contributed by atoms with Gasteiger partial charge in [-0.25, -0.2) is 0 Å². The van der Waals surface area contributed by atoms with Crippen LogP contribution in [0.1, 0.15) is 36.5 Å². The highest BCUT2D eigenvalue weighted by Gasteiger charge is 2.13. The number of rotatable bonds is 10. The molecule has 1 aromatic heterocycles. The molecule has 0 radical (unpaired) electrons. The van der Waals surface area contributed by atoms with Gasteiger partial charge in [-0.1, -0.05) is 11.6 Å². The first kappa shape index (κ1) is 22.3. The fraction of sp³-hybridized carbons (Fsp3) is 0.524. The Morgan fingerprint density at radius 2 is 2.07 bits per heavy atom. The van der Waals surface area contributed by atoms with Crippen molar-refractivity contribution >= 4 is 28.2 Å². The standard InChI is InChI=1S/C21H31N3O3S/c1-4-27-10-5-7-22-21(28)24(8-6-9-25)14-18-13-17-12-15(2)11-16(3)19(17)23-20(18)26/h11-13,25H,4-10,14H2,1-3H3,(H,22,28)(H,23,26). The summed E-state index contributed by atoms with van der Waals surface area (Å²) in [6.45, 7) is 9.18. The smallest absolute Gasteiger partial charge is 0.253 e. The Kier molecular flexibility index (Phi) is 8.89. The molecule has 2 aromatic rings. The third-order valence-corrected chi connectivity index (χ3v) is 4.95. The van der Waals surface area contributed by atoms with Gasteiger partial charge in [0.1, 0.15) is 0 Å². The van der Waals surface area contributed by atoms with Gasteiger partial charge < -0.3 is 25.0 Å². The second-order valence-electron chi connectivity index (χ2n) is 6.95. The Labute approximate surface area is 171 Å².